The lowest BCUT2D eigenvalue weighted by molar-refractivity contribution is 0.0550. The average Bonchev–Trinajstić information content (AvgIpc) is 2.44. The first-order valence-electron chi connectivity index (χ1n) is 6.96. The molecule has 1 aromatic carbocycles. The molecule has 20 heavy (non-hydrogen) atoms. The molecule has 2 rings (SSSR count). The van der Waals surface area contributed by atoms with E-state index in [9.17, 15) is 8.42 Å². The first-order valence-corrected chi connectivity index (χ1v) is 8.50. The van der Waals surface area contributed by atoms with E-state index in [0.29, 0.717) is 5.92 Å². The fraction of sp³-hybridized carbons (Fsp3) is 0.571. The van der Waals surface area contributed by atoms with Gasteiger partial charge in [0.2, 0.25) is 10.0 Å². The molecular formula is C14H22N2O3S. The molecule has 1 heterocycles. The van der Waals surface area contributed by atoms with Gasteiger partial charge in [0.25, 0.3) is 0 Å². The van der Waals surface area contributed by atoms with Crippen molar-refractivity contribution in [3.05, 3.63) is 29.8 Å². The number of sulfonamides is 1. The van der Waals surface area contributed by atoms with Crippen LogP contribution >= 0.6 is 0 Å². The molecule has 6 heteroatoms. The fourth-order valence-corrected chi connectivity index (χ4v) is 2.87. The minimum absolute atomic E-state index is 0.161. The van der Waals surface area contributed by atoms with Crippen molar-refractivity contribution < 1.29 is 13.2 Å². The van der Waals surface area contributed by atoms with Crippen molar-refractivity contribution in [2.45, 2.75) is 24.2 Å². The highest BCUT2D eigenvalue weighted by molar-refractivity contribution is 7.89. The summed E-state index contributed by atoms with van der Waals surface area (Å²) in [6.07, 6.45) is 3.26. The Balaban J connectivity index is 1.71. The predicted molar refractivity (Wildman–Crippen MR) is 77.9 cm³/mol. The lowest BCUT2D eigenvalue weighted by atomic mass is 10.0. The minimum atomic E-state index is -3.59. The summed E-state index contributed by atoms with van der Waals surface area (Å²) < 4.78 is 27.7. The van der Waals surface area contributed by atoms with Crippen molar-refractivity contribution in [3.8, 4) is 0 Å². The maximum Gasteiger partial charge on any atom is 0.238 e. The fourth-order valence-electron chi connectivity index (χ4n) is 2.35. The van der Waals surface area contributed by atoms with Gasteiger partial charge in [0.05, 0.1) is 11.5 Å². The molecule has 0 bridgehead atoms. The third kappa shape index (κ3) is 4.86. The SMILES string of the molecule is NS(=O)(=O)c1ccc(CCNCC2CCCOC2)cc1. The molecule has 0 spiro atoms. The van der Waals surface area contributed by atoms with E-state index in [1.165, 1.54) is 6.42 Å². The molecular weight excluding hydrogens is 276 g/mol. The van der Waals surface area contributed by atoms with Crippen molar-refractivity contribution >= 4 is 10.0 Å². The van der Waals surface area contributed by atoms with Gasteiger partial charge in [-0.3, -0.25) is 0 Å². The highest BCUT2D eigenvalue weighted by atomic mass is 32.2. The van der Waals surface area contributed by atoms with E-state index in [2.05, 4.69) is 5.32 Å². The van der Waals surface area contributed by atoms with Gasteiger partial charge in [-0.2, -0.15) is 0 Å². The number of benzene rings is 1. The van der Waals surface area contributed by atoms with Crippen molar-refractivity contribution in [2.75, 3.05) is 26.3 Å². The van der Waals surface area contributed by atoms with Crippen LogP contribution in [0.2, 0.25) is 0 Å². The predicted octanol–water partition coefficient (Wildman–Crippen LogP) is 0.893. The molecule has 5 nitrogen and oxygen atoms in total. The Labute approximate surface area is 120 Å². The van der Waals surface area contributed by atoms with Gasteiger partial charge >= 0.3 is 0 Å². The maximum atomic E-state index is 11.1. The van der Waals surface area contributed by atoms with Crippen LogP contribution in [0.5, 0.6) is 0 Å². The largest absolute Gasteiger partial charge is 0.381 e. The number of nitrogens with one attached hydrogen (secondary N) is 1. The summed E-state index contributed by atoms with van der Waals surface area (Å²) in [7, 11) is -3.59. The van der Waals surface area contributed by atoms with Crippen LogP contribution in [-0.4, -0.2) is 34.7 Å². The highest BCUT2D eigenvalue weighted by Crippen LogP contribution is 2.12. The highest BCUT2D eigenvalue weighted by Gasteiger charge is 2.12. The summed E-state index contributed by atoms with van der Waals surface area (Å²) in [6.45, 7) is 3.61. The van der Waals surface area contributed by atoms with Crippen LogP contribution in [-0.2, 0) is 21.2 Å². The molecule has 1 aliphatic heterocycles. The maximum absolute atomic E-state index is 11.1. The Morgan fingerprint density at radius 2 is 2.05 bits per heavy atom. The van der Waals surface area contributed by atoms with Crippen LogP contribution in [0, 0.1) is 5.92 Å². The van der Waals surface area contributed by atoms with E-state index in [1.54, 1.807) is 12.1 Å². The van der Waals surface area contributed by atoms with Gasteiger partial charge in [0, 0.05) is 13.2 Å². The van der Waals surface area contributed by atoms with Gasteiger partial charge in [0.1, 0.15) is 0 Å². The van der Waals surface area contributed by atoms with Gasteiger partial charge in [-0.1, -0.05) is 12.1 Å². The smallest absolute Gasteiger partial charge is 0.238 e. The summed E-state index contributed by atoms with van der Waals surface area (Å²) in [5.74, 6) is 0.619. The lowest BCUT2D eigenvalue weighted by Gasteiger charge is -2.22. The molecule has 0 radical (unpaired) electrons. The van der Waals surface area contributed by atoms with E-state index >= 15 is 0 Å². The zero-order valence-electron chi connectivity index (χ0n) is 11.5. The molecule has 1 fully saturated rings. The number of ether oxygens (including phenoxy) is 1. The van der Waals surface area contributed by atoms with Crippen molar-refractivity contribution in [1.29, 1.82) is 0 Å². The Morgan fingerprint density at radius 1 is 1.30 bits per heavy atom. The number of hydrogen-bond acceptors (Lipinski definition) is 4. The molecule has 1 saturated heterocycles. The second kappa shape index (κ2) is 7.17. The number of nitrogens with two attached hydrogens (primary N) is 1. The molecule has 0 amide bonds. The zero-order chi connectivity index (χ0) is 14.4. The van der Waals surface area contributed by atoms with Crippen LogP contribution in [0.3, 0.4) is 0 Å². The van der Waals surface area contributed by atoms with Crippen LogP contribution < -0.4 is 10.5 Å². The second-order valence-corrected chi connectivity index (χ2v) is 6.79. The molecule has 1 unspecified atom stereocenters. The summed E-state index contributed by atoms with van der Waals surface area (Å²) in [5, 5.41) is 8.48. The van der Waals surface area contributed by atoms with E-state index in [0.717, 1.165) is 44.7 Å². The molecule has 1 atom stereocenters. The van der Waals surface area contributed by atoms with Crippen molar-refractivity contribution in [3.63, 3.8) is 0 Å². The van der Waals surface area contributed by atoms with Crippen LogP contribution in [0.15, 0.2) is 29.2 Å². The number of hydrogen-bond donors (Lipinski definition) is 2. The van der Waals surface area contributed by atoms with E-state index in [1.807, 2.05) is 12.1 Å². The first-order chi connectivity index (χ1) is 9.55. The standard InChI is InChI=1S/C14H22N2O3S/c15-20(17,18)14-5-3-12(4-6-14)7-8-16-10-13-2-1-9-19-11-13/h3-6,13,16H,1-2,7-11H2,(H2,15,17,18). The third-order valence-corrected chi connectivity index (χ3v) is 4.46. The van der Waals surface area contributed by atoms with E-state index < -0.39 is 10.0 Å². The van der Waals surface area contributed by atoms with Crippen LogP contribution in [0.1, 0.15) is 18.4 Å². The Bertz CT molecular complexity index is 508. The molecule has 3 N–H and O–H groups in total. The van der Waals surface area contributed by atoms with Gasteiger partial charge < -0.3 is 10.1 Å². The summed E-state index contributed by atoms with van der Waals surface area (Å²) in [5.41, 5.74) is 1.10. The summed E-state index contributed by atoms with van der Waals surface area (Å²) in [4.78, 5) is 0.161. The normalized spacial score (nSPS) is 19.9. The topological polar surface area (TPSA) is 81.4 Å². The molecule has 112 valence electrons. The average molecular weight is 298 g/mol. The van der Waals surface area contributed by atoms with Gasteiger partial charge in [0.15, 0.2) is 0 Å². The monoisotopic (exact) mass is 298 g/mol. The Morgan fingerprint density at radius 3 is 2.65 bits per heavy atom. The first kappa shape index (κ1) is 15.4. The summed E-state index contributed by atoms with van der Waals surface area (Å²) in [6, 6.07) is 6.73. The van der Waals surface area contributed by atoms with Gasteiger partial charge in [-0.25, -0.2) is 13.6 Å². The minimum Gasteiger partial charge on any atom is -0.381 e. The van der Waals surface area contributed by atoms with E-state index in [4.69, 9.17) is 9.88 Å². The summed E-state index contributed by atoms with van der Waals surface area (Å²) >= 11 is 0. The molecule has 1 aliphatic rings. The molecule has 0 aromatic heterocycles. The Kier molecular flexibility index (Phi) is 5.54. The second-order valence-electron chi connectivity index (χ2n) is 5.23. The van der Waals surface area contributed by atoms with Gasteiger partial charge in [-0.15, -0.1) is 0 Å². The van der Waals surface area contributed by atoms with Crippen LogP contribution in [0.25, 0.3) is 0 Å². The molecule has 0 saturated carbocycles. The number of rotatable bonds is 6. The number of primary sulfonamides is 1. The van der Waals surface area contributed by atoms with Crippen LogP contribution in [0.4, 0.5) is 0 Å². The molecule has 1 aromatic rings. The van der Waals surface area contributed by atoms with Crippen molar-refractivity contribution in [2.24, 2.45) is 11.1 Å². The lowest BCUT2D eigenvalue weighted by Crippen LogP contribution is -2.30. The van der Waals surface area contributed by atoms with Gasteiger partial charge in [-0.05, 0) is 49.4 Å². The van der Waals surface area contributed by atoms with E-state index in [-0.39, 0.29) is 4.90 Å². The zero-order valence-corrected chi connectivity index (χ0v) is 12.4. The van der Waals surface area contributed by atoms with Crippen molar-refractivity contribution in [1.82, 2.24) is 5.32 Å². The molecule has 0 aliphatic carbocycles. The Hall–Kier alpha value is -0.950. The third-order valence-electron chi connectivity index (χ3n) is 3.53. The quantitative estimate of drug-likeness (QED) is 0.764.